The van der Waals surface area contributed by atoms with E-state index in [9.17, 15) is 8.78 Å². The Labute approximate surface area is 285 Å². The van der Waals surface area contributed by atoms with Gasteiger partial charge in [-0.25, -0.2) is 8.78 Å². The topological polar surface area (TPSA) is 38.9 Å². The van der Waals surface area contributed by atoms with Crippen LogP contribution in [0.4, 0.5) is 8.78 Å². The Morgan fingerprint density at radius 1 is 0.933 bits per heavy atom. The van der Waals surface area contributed by atoms with Gasteiger partial charge in [-0.2, -0.15) is 0 Å². The molecule has 6 rings (SSSR count). The van der Waals surface area contributed by atoms with Crippen LogP contribution in [0.25, 0.3) is 44.5 Å². The molecule has 3 nitrogen and oxygen atoms in total. The summed E-state index contributed by atoms with van der Waals surface area (Å²) >= 11 is 0. The maximum atomic E-state index is 14.2. The van der Waals surface area contributed by atoms with Crippen LogP contribution in [0, 0.1) is 30.6 Å². The number of benzene rings is 3. The predicted molar refractivity (Wildman–Crippen MR) is 180 cm³/mol. The average molecular weight is 801 g/mol. The maximum Gasteiger partial charge on any atom is 0.136 e. The second-order valence-electron chi connectivity index (χ2n) is 12.4. The van der Waals surface area contributed by atoms with Crippen molar-refractivity contribution in [2.75, 3.05) is 0 Å². The summed E-state index contributed by atoms with van der Waals surface area (Å²) < 4.78 is 64.2. The van der Waals surface area contributed by atoms with E-state index in [1.165, 1.54) is 17.3 Å². The van der Waals surface area contributed by atoms with Gasteiger partial charge in [-0.3, -0.25) is 0 Å². The van der Waals surface area contributed by atoms with E-state index < -0.39 is 32.5 Å². The number of nitrogens with zero attached hydrogens (tertiary/aromatic N) is 2. The number of halogens is 2. The molecule has 3 heterocycles. The molecule has 0 aliphatic rings. The second-order valence-corrected chi connectivity index (χ2v) is 17.5. The molecule has 0 unspecified atom stereocenters. The SMILES string of the molecule is CC(C)c1ccnc(-c2[c-]ccc3c2oc2cc(F)cc(F)c23)c1.[2H]C([2H])([2H])c1c[c-]c(-c2cc(C([2H])(C)C)c([Si](C)(C)C)cn2)cc1.[Ir]. The fourth-order valence-electron chi connectivity index (χ4n) is 5.12. The molecule has 0 atom stereocenters. The van der Waals surface area contributed by atoms with Crippen molar-refractivity contribution in [1.29, 1.82) is 0 Å². The van der Waals surface area contributed by atoms with Gasteiger partial charge in [-0.15, -0.1) is 53.6 Å². The van der Waals surface area contributed by atoms with Gasteiger partial charge in [0.2, 0.25) is 0 Å². The number of pyridine rings is 2. The molecule has 0 spiro atoms. The van der Waals surface area contributed by atoms with Gasteiger partial charge < -0.3 is 14.4 Å². The van der Waals surface area contributed by atoms with Gasteiger partial charge in [0.05, 0.1) is 13.7 Å². The van der Waals surface area contributed by atoms with Crippen molar-refractivity contribution < 1.29 is 38.8 Å². The quantitative estimate of drug-likeness (QED) is 0.129. The summed E-state index contributed by atoms with van der Waals surface area (Å²) in [6, 6.07) is 22.4. The second kappa shape index (κ2) is 13.9. The number of aryl methyl sites for hydroxylation is 1. The van der Waals surface area contributed by atoms with Crippen LogP contribution in [-0.4, -0.2) is 18.0 Å². The van der Waals surface area contributed by atoms with E-state index in [-0.39, 0.29) is 36.6 Å². The van der Waals surface area contributed by atoms with Gasteiger partial charge in [0, 0.05) is 55.5 Å². The molecule has 0 amide bonds. The fourth-order valence-corrected chi connectivity index (χ4v) is 6.70. The van der Waals surface area contributed by atoms with Crippen molar-refractivity contribution in [2.24, 2.45) is 0 Å². The average Bonchev–Trinajstić information content (AvgIpc) is 3.39. The van der Waals surface area contributed by atoms with E-state index in [2.05, 4.69) is 55.6 Å². The Bertz CT molecular complexity index is 2100. The molecule has 0 saturated carbocycles. The van der Waals surface area contributed by atoms with Gasteiger partial charge in [0.1, 0.15) is 17.2 Å². The number of hydrogen-bond donors (Lipinski definition) is 0. The van der Waals surface area contributed by atoms with Crippen LogP contribution >= 0.6 is 0 Å². The standard InChI is InChI=1S/C20H14F2NO.C18H24NSi.Ir/c1-11(2)12-6-7-23-17(8-12)14-4-3-5-15-19-16(22)9-13(21)10-18(19)24-20(14)15;1-13(2)16-11-17(15-9-7-14(3)8-10-15)19-12-18(16)20(4,5)6;/h3,5-11H,1-2H3;7-9,11-13H,1-6H3;/q2*-1;/i;3D3,13D;. The van der Waals surface area contributed by atoms with E-state index in [0.29, 0.717) is 28.1 Å². The molecule has 0 bridgehead atoms. The van der Waals surface area contributed by atoms with Gasteiger partial charge in [0.25, 0.3) is 0 Å². The first kappa shape index (κ1) is 28.9. The summed E-state index contributed by atoms with van der Waals surface area (Å²) in [5.74, 6) is -1.66. The zero-order valence-corrected chi connectivity index (χ0v) is 29.8. The van der Waals surface area contributed by atoms with Crippen LogP contribution in [0.2, 0.25) is 19.6 Å². The molecule has 235 valence electrons. The Hall–Kier alpha value is -3.51. The van der Waals surface area contributed by atoms with E-state index in [1.54, 1.807) is 30.5 Å². The molecule has 0 aliphatic heterocycles. The summed E-state index contributed by atoms with van der Waals surface area (Å²) in [6.45, 7) is 12.6. The maximum absolute atomic E-state index is 14.2. The third-order valence-corrected chi connectivity index (χ3v) is 9.51. The van der Waals surface area contributed by atoms with Crippen LogP contribution in [0.5, 0.6) is 0 Å². The van der Waals surface area contributed by atoms with Crippen molar-refractivity contribution in [3.05, 3.63) is 114 Å². The van der Waals surface area contributed by atoms with Crippen LogP contribution in [0.1, 0.15) is 61.7 Å². The van der Waals surface area contributed by atoms with Crippen LogP contribution in [-0.2, 0) is 20.1 Å². The first-order valence-electron chi connectivity index (χ1n) is 16.6. The van der Waals surface area contributed by atoms with Crippen LogP contribution in [0.3, 0.4) is 0 Å². The normalized spacial score (nSPS) is 13.4. The molecule has 3 aromatic heterocycles. The van der Waals surface area contributed by atoms with E-state index in [1.807, 2.05) is 38.2 Å². The van der Waals surface area contributed by atoms with E-state index in [0.717, 1.165) is 28.5 Å². The van der Waals surface area contributed by atoms with Crippen molar-refractivity contribution >= 4 is 35.2 Å². The number of aromatic nitrogens is 2. The molecular weight excluding hydrogens is 759 g/mol. The zero-order chi connectivity index (χ0) is 35.2. The van der Waals surface area contributed by atoms with Crippen LogP contribution in [0.15, 0.2) is 77.5 Å². The van der Waals surface area contributed by atoms with E-state index >= 15 is 0 Å². The number of furan rings is 1. The van der Waals surface area contributed by atoms with Gasteiger partial charge in [-0.05, 0) is 34.5 Å². The summed E-state index contributed by atoms with van der Waals surface area (Å²) in [6.07, 6.45) is 3.62. The van der Waals surface area contributed by atoms with Gasteiger partial charge in [0.15, 0.2) is 0 Å². The Balaban J connectivity index is 0.000000216. The summed E-state index contributed by atoms with van der Waals surface area (Å²) in [4.78, 5) is 8.95. The molecule has 7 heteroatoms. The summed E-state index contributed by atoms with van der Waals surface area (Å²) in [7, 11) is -1.61. The first-order valence-corrected chi connectivity index (χ1v) is 18.1. The fraction of sp³-hybridized carbons (Fsp3) is 0.263. The molecule has 3 aromatic carbocycles. The Kier molecular flexibility index (Phi) is 8.91. The number of hydrogen-bond acceptors (Lipinski definition) is 3. The van der Waals surface area contributed by atoms with E-state index in [4.69, 9.17) is 9.90 Å². The number of fused-ring (bicyclic) bond motifs is 3. The molecule has 0 N–H and O–H groups in total. The first-order chi connectivity index (χ1) is 22.3. The Morgan fingerprint density at radius 2 is 1.71 bits per heavy atom. The minimum absolute atomic E-state index is 0. The molecule has 0 fully saturated rings. The summed E-state index contributed by atoms with van der Waals surface area (Å²) in [5, 5.41) is 2.06. The molecule has 0 aliphatic carbocycles. The summed E-state index contributed by atoms with van der Waals surface area (Å²) in [5.41, 5.74) is 5.86. The minimum Gasteiger partial charge on any atom is -0.500 e. The minimum atomic E-state index is -2.13. The molecule has 6 aromatic rings. The van der Waals surface area contributed by atoms with Crippen LogP contribution < -0.4 is 5.19 Å². The van der Waals surface area contributed by atoms with Gasteiger partial charge >= 0.3 is 0 Å². The third kappa shape index (κ3) is 7.49. The van der Waals surface area contributed by atoms with Crippen molar-refractivity contribution in [1.82, 2.24) is 9.97 Å². The largest absolute Gasteiger partial charge is 0.500 e. The number of rotatable bonds is 5. The predicted octanol–water partition coefficient (Wildman–Crippen LogP) is 10.4. The molecule has 0 saturated heterocycles. The molecular formula is C38H38F2IrN2OSi-2. The van der Waals surface area contributed by atoms with Crippen molar-refractivity contribution in [2.45, 2.75) is 66.0 Å². The smallest absolute Gasteiger partial charge is 0.136 e. The third-order valence-electron chi connectivity index (χ3n) is 7.50. The van der Waals surface area contributed by atoms with Crippen molar-refractivity contribution in [3.63, 3.8) is 0 Å². The molecule has 45 heavy (non-hydrogen) atoms. The monoisotopic (exact) mass is 801 g/mol. The zero-order valence-electron chi connectivity index (χ0n) is 30.4. The molecule has 1 radical (unpaired) electrons. The van der Waals surface area contributed by atoms with Gasteiger partial charge in [-0.1, -0.05) is 88.4 Å². The van der Waals surface area contributed by atoms with Crippen molar-refractivity contribution in [3.8, 4) is 22.5 Å². The Morgan fingerprint density at radius 3 is 2.36 bits per heavy atom.